The molecule has 0 aliphatic heterocycles. The fourth-order valence-electron chi connectivity index (χ4n) is 6.01. The van der Waals surface area contributed by atoms with Crippen molar-refractivity contribution >= 4 is 23.2 Å². The predicted octanol–water partition coefficient (Wildman–Crippen LogP) is 7.14. The van der Waals surface area contributed by atoms with Crippen LogP contribution in [0.4, 0.5) is 0 Å². The highest BCUT2D eigenvalue weighted by Gasteiger charge is 2.24. The number of aromatic nitrogens is 2. The van der Waals surface area contributed by atoms with Crippen molar-refractivity contribution in [1.82, 2.24) is 9.13 Å². The number of thioether (sulfide) groups is 1. The van der Waals surface area contributed by atoms with E-state index >= 15 is 0 Å². The van der Waals surface area contributed by atoms with Crippen LogP contribution in [0.25, 0.3) is 0 Å². The molecule has 2 saturated carbocycles. The summed E-state index contributed by atoms with van der Waals surface area (Å²) in [4.78, 5) is 28.9. The molecule has 12 nitrogen and oxygen atoms in total. The van der Waals surface area contributed by atoms with Crippen LogP contribution in [0.3, 0.4) is 0 Å². The predicted molar refractivity (Wildman–Crippen MR) is 217 cm³/mol. The smallest absolute Gasteiger partial charge is 0.182 e. The largest absolute Gasteiger partial charge is 0.493 e. The van der Waals surface area contributed by atoms with Crippen LogP contribution in [0.2, 0.25) is 0 Å². The normalized spacial score (nSPS) is 14.2. The van der Waals surface area contributed by atoms with Gasteiger partial charge in [0.25, 0.3) is 0 Å². The summed E-state index contributed by atoms with van der Waals surface area (Å²) in [5, 5.41) is 17.4. The lowest BCUT2D eigenvalue weighted by molar-refractivity contribution is 0.196. The maximum absolute atomic E-state index is 11.8. The van der Waals surface area contributed by atoms with E-state index in [1.165, 1.54) is 25.7 Å². The van der Waals surface area contributed by atoms with E-state index < -0.39 is 0 Å². The molecule has 1 N–H and O–H groups in total. The van der Waals surface area contributed by atoms with Crippen molar-refractivity contribution in [3.63, 3.8) is 0 Å². The lowest BCUT2D eigenvalue weighted by atomic mass is 10.1. The second-order valence-electron chi connectivity index (χ2n) is 14.0. The summed E-state index contributed by atoms with van der Waals surface area (Å²) in [6.45, 7) is 9.78. The van der Waals surface area contributed by atoms with Gasteiger partial charge < -0.3 is 38.1 Å². The van der Waals surface area contributed by atoms with Crippen molar-refractivity contribution in [3.8, 4) is 23.0 Å². The highest BCUT2D eigenvalue weighted by molar-refractivity contribution is 7.98. The van der Waals surface area contributed by atoms with Crippen LogP contribution in [0.5, 0.6) is 23.0 Å². The molecule has 2 heterocycles. The Morgan fingerprint density at radius 3 is 1.47 bits per heavy atom. The lowest BCUT2D eigenvalue weighted by Crippen LogP contribution is -2.19. The molecular weight excluding hydrogens is 721 g/mol. The van der Waals surface area contributed by atoms with E-state index in [1.807, 2.05) is 74.9 Å². The zero-order chi connectivity index (χ0) is 39.5. The van der Waals surface area contributed by atoms with Gasteiger partial charge in [0.1, 0.15) is 11.4 Å². The van der Waals surface area contributed by atoms with Crippen LogP contribution >= 0.6 is 11.8 Å². The maximum Gasteiger partial charge on any atom is 0.182 e. The second-order valence-corrected chi connectivity index (χ2v) is 14.8. The zero-order valence-corrected chi connectivity index (χ0v) is 33.6. The van der Waals surface area contributed by atoms with Crippen molar-refractivity contribution in [2.24, 2.45) is 22.1 Å². The fourth-order valence-corrected chi connectivity index (χ4v) is 6.16. The van der Waals surface area contributed by atoms with Crippen LogP contribution < -0.4 is 29.8 Å². The van der Waals surface area contributed by atoms with Gasteiger partial charge in [-0.3, -0.25) is 9.59 Å². The molecule has 0 amide bonds. The van der Waals surface area contributed by atoms with Crippen LogP contribution in [0, 0.1) is 39.5 Å². The number of hydrogen-bond donors (Lipinski definition) is 1. The molecule has 0 atom stereocenters. The molecule has 2 aliphatic rings. The van der Waals surface area contributed by atoms with Crippen LogP contribution in [-0.4, -0.2) is 65.4 Å². The molecule has 0 radical (unpaired) electrons. The molecule has 0 spiro atoms. The molecule has 0 saturated heterocycles. The summed E-state index contributed by atoms with van der Waals surface area (Å²) >= 11 is 1.56. The molecule has 2 aromatic heterocycles. The average Bonchev–Trinajstić information content (AvgIpc) is 4.10. The first kappa shape index (κ1) is 41.0. The number of hydrogen-bond acceptors (Lipinski definition) is 11. The number of nitrogens with zero attached hydrogens (tertiary/aromatic N) is 4. The van der Waals surface area contributed by atoms with Gasteiger partial charge in [0, 0.05) is 58.2 Å². The minimum Gasteiger partial charge on any atom is -0.493 e. The second kappa shape index (κ2) is 19.4. The van der Waals surface area contributed by atoms with Crippen LogP contribution in [-0.2, 0) is 17.9 Å². The third kappa shape index (κ3) is 11.7. The van der Waals surface area contributed by atoms with Gasteiger partial charge in [-0.25, -0.2) is 0 Å². The van der Waals surface area contributed by atoms with Gasteiger partial charge in [-0.2, -0.15) is 0 Å². The van der Waals surface area contributed by atoms with Gasteiger partial charge in [0.15, 0.2) is 39.8 Å². The summed E-state index contributed by atoms with van der Waals surface area (Å²) < 4.78 is 26.7. The molecule has 2 aromatic carbocycles. The summed E-state index contributed by atoms with van der Waals surface area (Å²) in [5.41, 5.74) is 6.26. The molecule has 294 valence electrons. The Morgan fingerprint density at radius 1 is 0.673 bits per heavy atom. The zero-order valence-electron chi connectivity index (χ0n) is 32.8. The first-order valence-electron chi connectivity index (χ1n) is 18.4. The van der Waals surface area contributed by atoms with E-state index in [-0.39, 0.29) is 10.9 Å². The molecule has 2 aliphatic carbocycles. The van der Waals surface area contributed by atoms with Gasteiger partial charge in [0.05, 0.1) is 40.5 Å². The van der Waals surface area contributed by atoms with Crippen molar-refractivity contribution < 1.29 is 29.0 Å². The molecule has 0 bridgehead atoms. The number of pyridine rings is 2. The SMILES string of the molecule is COc1ccc(/C(Cn2c(C)cc(=O)cc2C)=N/O)cc1OCC1CC1.COc1ccc(/C(Cn2c(C)cc(=O)cc2C)=N/OCSC)cc1OCC1CC1. The van der Waals surface area contributed by atoms with Crippen molar-refractivity contribution in [2.75, 3.05) is 39.6 Å². The average molecular weight is 773 g/mol. The van der Waals surface area contributed by atoms with E-state index in [0.29, 0.717) is 72.8 Å². The van der Waals surface area contributed by atoms with E-state index in [4.69, 9.17) is 23.8 Å². The number of ether oxygens (including phenoxy) is 4. The lowest BCUT2D eigenvalue weighted by Gasteiger charge is -2.17. The molecular formula is C42H52N4O8S. The highest BCUT2D eigenvalue weighted by atomic mass is 32.2. The molecule has 55 heavy (non-hydrogen) atoms. The Labute approximate surface area is 326 Å². The van der Waals surface area contributed by atoms with Crippen LogP contribution in [0.15, 0.2) is 80.6 Å². The number of methoxy groups -OCH3 is 2. The van der Waals surface area contributed by atoms with Crippen LogP contribution in [0.1, 0.15) is 59.6 Å². The topological polar surface area (TPSA) is 135 Å². The first-order valence-corrected chi connectivity index (χ1v) is 19.8. The van der Waals surface area contributed by atoms with Crippen molar-refractivity contribution in [3.05, 3.63) is 115 Å². The van der Waals surface area contributed by atoms with Crippen molar-refractivity contribution in [1.29, 1.82) is 0 Å². The van der Waals surface area contributed by atoms with E-state index in [0.717, 1.165) is 39.6 Å². The summed E-state index contributed by atoms with van der Waals surface area (Å²) in [5.74, 6) is 4.45. The Kier molecular flexibility index (Phi) is 14.5. The highest BCUT2D eigenvalue weighted by Crippen LogP contribution is 2.35. The molecule has 4 aromatic rings. The Hall–Kier alpha value is -5.17. The summed E-state index contributed by atoms with van der Waals surface area (Å²) in [6, 6.07) is 17.7. The molecule has 0 unspecified atom stereocenters. The minimum absolute atomic E-state index is 0.00795. The Bertz CT molecular complexity index is 2070. The fraction of sp³-hybridized carbons (Fsp3) is 0.429. The molecule has 6 rings (SSSR count). The van der Waals surface area contributed by atoms with E-state index in [1.54, 1.807) is 50.2 Å². The summed E-state index contributed by atoms with van der Waals surface area (Å²) in [7, 11) is 3.25. The molecule has 13 heteroatoms. The van der Waals surface area contributed by atoms with E-state index in [2.05, 4.69) is 14.9 Å². The third-order valence-electron chi connectivity index (χ3n) is 9.53. The molecule has 2 fully saturated rings. The number of rotatable bonds is 17. The number of oxime groups is 2. The van der Waals surface area contributed by atoms with Gasteiger partial charge in [0.2, 0.25) is 0 Å². The Balaban J connectivity index is 0.000000212. The minimum atomic E-state index is -0.0288. The Morgan fingerprint density at radius 2 is 1.09 bits per heavy atom. The van der Waals surface area contributed by atoms with Gasteiger partial charge in [-0.05, 0) is 108 Å². The first-order chi connectivity index (χ1) is 26.5. The number of aryl methyl sites for hydroxylation is 4. The van der Waals surface area contributed by atoms with Crippen molar-refractivity contribution in [2.45, 2.75) is 66.5 Å². The quantitative estimate of drug-likeness (QED) is 0.0391. The van der Waals surface area contributed by atoms with E-state index in [9.17, 15) is 14.8 Å². The van der Waals surface area contributed by atoms with Gasteiger partial charge >= 0.3 is 0 Å². The number of benzene rings is 2. The van der Waals surface area contributed by atoms with Gasteiger partial charge in [-0.15, -0.1) is 11.8 Å². The summed E-state index contributed by atoms with van der Waals surface area (Å²) in [6.07, 6.45) is 6.82. The standard InChI is InChI=1S/C22H28N2O4S.C20H24N2O4/c1-15-9-19(25)10-16(2)24(15)12-20(23-28-14-29-4)18-7-8-21(26-3)22(11-18)27-13-17-5-6-17;1-13-8-17(23)9-14(2)22(13)11-18(21-24)16-6-7-19(25-3)20(10-16)26-12-15-4-5-15/h7-11,17H,5-6,12-14H2,1-4H3;6-10,15,24H,4-5,11-12H2,1-3H3/b23-20+;21-18+. The van der Waals surface area contributed by atoms with Gasteiger partial charge in [-0.1, -0.05) is 10.3 Å². The third-order valence-corrected chi connectivity index (χ3v) is 9.87. The maximum atomic E-state index is 11.8. The monoisotopic (exact) mass is 772 g/mol.